The molecule has 15 heavy (non-hydrogen) atoms. The summed E-state index contributed by atoms with van der Waals surface area (Å²) < 4.78 is 35.7. The molecule has 0 heterocycles. The highest BCUT2D eigenvalue weighted by Crippen LogP contribution is 2.33. The molecule has 0 spiro atoms. The first-order valence-electron chi connectivity index (χ1n) is 3.87. The molecule has 1 aromatic carbocycles. The molecular weight excluding hydrogens is 249 g/mol. The standard InChI is InChI=1S/C9H6ClF3OS/c10-5-6-2-1-3-7(4-6)8(14)15-9(11,12)13/h1-4H,5H2. The van der Waals surface area contributed by atoms with Gasteiger partial charge in [-0.25, -0.2) is 0 Å². The molecule has 0 bridgehead atoms. The zero-order valence-corrected chi connectivity index (χ0v) is 8.92. The molecule has 0 saturated carbocycles. The summed E-state index contributed by atoms with van der Waals surface area (Å²) in [7, 11) is 0. The van der Waals surface area contributed by atoms with Gasteiger partial charge in [0.1, 0.15) is 0 Å². The van der Waals surface area contributed by atoms with E-state index in [0.717, 1.165) is 0 Å². The van der Waals surface area contributed by atoms with Crippen molar-refractivity contribution in [2.75, 3.05) is 0 Å². The fraction of sp³-hybridized carbons (Fsp3) is 0.222. The van der Waals surface area contributed by atoms with Gasteiger partial charge >= 0.3 is 5.51 Å². The highest BCUT2D eigenvalue weighted by atomic mass is 35.5. The molecule has 1 aromatic rings. The summed E-state index contributed by atoms with van der Waals surface area (Å²) >= 11 is 4.84. The van der Waals surface area contributed by atoms with Crippen molar-refractivity contribution in [1.29, 1.82) is 0 Å². The van der Waals surface area contributed by atoms with Crippen LogP contribution in [0.15, 0.2) is 24.3 Å². The van der Waals surface area contributed by atoms with Gasteiger partial charge in [0.15, 0.2) is 0 Å². The molecule has 82 valence electrons. The first-order valence-corrected chi connectivity index (χ1v) is 5.22. The molecule has 0 aliphatic carbocycles. The van der Waals surface area contributed by atoms with Crippen LogP contribution in [0.3, 0.4) is 0 Å². The summed E-state index contributed by atoms with van der Waals surface area (Å²) in [6, 6.07) is 5.83. The maximum absolute atomic E-state index is 11.9. The van der Waals surface area contributed by atoms with Crippen molar-refractivity contribution in [1.82, 2.24) is 0 Å². The summed E-state index contributed by atoms with van der Waals surface area (Å²) in [4.78, 5) is 11.1. The van der Waals surface area contributed by atoms with E-state index >= 15 is 0 Å². The van der Waals surface area contributed by atoms with Gasteiger partial charge < -0.3 is 0 Å². The first-order chi connectivity index (χ1) is 6.92. The van der Waals surface area contributed by atoms with Crippen molar-refractivity contribution in [3.05, 3.63) is 35.4 Å². The van der Waals surface area contributed by atoms with Crippen LogP contribution in [-0.2, 0) is 5.88 Å². The molecule has 0 saturated heterocycles. The summed E-state index contributed by atoms with van der Waals surface area (Å²) in [6.07, 6.45) is 0. The summed E-state index contributed by atoms with van der Waals surface area (Å²) in [6.45, 7) is 0. The third kappa shape index (κ3) is 4.13. The largest absolute Gasteiger partial charge is 0.449 e. The Kier molecular flexibility index (Phi) is 4.04. The number of rotatable bonds is 2. The van der Waals surface area contributed by atoms with Gasteiger partial charge in [0.25, 0.3) is 0 Å². The van der Waals surface area contributed by atoms with Crippen molar-refractivity contribution in [3.63, 3.8) is 0 Å². The van der Waals surface area contributed by atoms with Crippen LogP contribution in [0.2, 0.25) is 0 Å². The van der Waals surface area contributed by atoms with Gasteiger partial charge in [0.2, 0.25) is 5.12 Å². The van der Waals surface area contributed by atoms with E-state index in [2.05, 4.69) is 0 Å². The summed E-state index contributed by atoms with van der Waals surface area (Å²) in [5.74, 6) is 0.164. The number of benzene rings is 1. The number of hydrogen-bond donors (Lipinski definition) is 0. The van der Waals surface area contributed by atoms with Crippen molar-refractivity contribution in [2.24, 2.45) is 0 Å². The highest BCUT2D eigenvalue weighted by molar-refractivity contribution is 8.14. The van der Waals surface area contributed by atoms with Gasteiger partial charge in [-0.2, -0.15) is 13.2 Å². The lowest BCUT2D eigenvalue weighted by atomic mass is 10.2. The van der Waals surface area contributed by atoms with E-state index in [0.29, 0.717) is 5.56 Å². The monoisotopic (exact) mass is 254 g/mol. The predicted octanol–water partition coefficient (Wildman–Crippen LogP) is 3.82. The normalized spacial score (nSPS) is 11.5. The minimum absolute atomic E-state index is 0.00970. The second-order valence-electron chi connectivity index (χ2n) is 2.67. The predicted molar refractivity (Wildman–Crippen MR) is 54.0 cm³/mol. The van der Waals surface area contributed by atoms with Crippen LogP contribution in [0.25, 0.3) is 0 Å². The van der Waals surface area contributed by atoms with Crippen LogP contribution in [0.4, 0.5) is 13.2 Å². The van der Waals surface area contributed by atoms with Crippen LogP contribution in [0.5, 0.6) is 0 Å². The van der Waals surface area contributed by atoms with E-state index in [1.54, 1.807) is 6.07 Å². The van der Waals surface area contributed by atoms with Crippen molar-refractivity contribution in [2.45, 2.75) is 11.4 Å². The molecule has 0 aliphatic heterocycles. The van der Waals surface area contributed by atoms with E-state index < -0.39 is 22.4 Å². The maximum Gasteiger partial charge on any atom is 0.449 e. The molecule has 0 aromatic heterocycles. The van der Waals surface area contributed by atoms with E-state index in [1.807, 2.05) is 0 Å². The molecule has 0 fully saturated rings. The minimum atomic E-state index is -4.55. The fourth-order valence-corrected chi connectivity index (χ4v) is 1.57. The number of hydrogen-bond acceptors (Lipinski definition) is 2. The van der Waals surface area contributed by atoms with Crippen molar-refractivity contribution < 1.29 is 18.0 Å². The Labute approximate surface area is 93.6 Å². The molecule has 0 atom stereocenters. The Bertz CT molecular complexity index is 365. The molecule has 1 rings (SSSR count). The average Bonchev–Trinajstić information content (AvgIpc) is 2.15. The summed E-state index contributed by atoms with van der Waals surface area (Å²) in [5.41, 5.74) is -3.92. The third-order valence-corrected chi connectivity index (χ3v) is 2.49. The lowest BCUT2D eigenvalue weighted by molar-refractivity contribution is -0.0322. The zero-order valence-electron chi connectivity index (χ0n) is 7.34. The number of thioether (sulfide) groups is 1. The van der Waals surface area contributed by atoms with E-state index in [4.69, 9.17) is 11.6 Å². The molecule has 1 nitrogen and oxygen atoms in total. The smallest absolute Gasteiger partial charge is 0.281 e. The van der Waals surface area contributed by atoms with Gasteiger partial charge in [0, 0.05) is 23.2 Å². The second kappa shape index (κ2) is 4.90. The molecule has 0 radical (unpaired) electrons. The second-order valence-corrected chi connectivity index (χ2v) is 3.97. The molecule has 0 unspecified atom stereocenters. The lowest BCUT2D eigenvalue weighted by Crippen LogP contribution is -2.06. The van der Waals surface area contributed by atoms with E-state index in [-0.39, 0.29) is 11.4 Å². The van der Waals surface area contributed by atoms with Gasteiger partial charge in [-0.1, -0.05) is 18.2 Å². The van der Waals surface area contributed by atoms with Crippen LogP contribution in [-0.4, -0.2) is 10.6 Å². The van der Waals surface area contributed by atoms with Crippen molar-refractivity contribution >= 4 is 28.5 Å². The minimum Gasteiger partial charge on any atom is -0.281 e. The molecule has 6 heteroatoms. The Morgan fingerprint density at radius 2 is 2.07 bits per heavy atom. The topological polar surface area (TPSA) is 17.1 Å². The van der Waals surface area contributed by atoms with Gasteiger partial charge in [-0.15, -0.1) is 11.6 Å². The molecule has 0 aliphatic rings. The van der Waals surface area contributed by atoms with E-state index in [9.17, 15) is 18.0 Å². The number of alkyl halides is 4. The lowest BCUT2D eigenvalue weighted by Gasteiger charge is -2.04. The Morgan fingerprint density at radius 3 is 2.60 bits per heavy atom. The molecule has 0 N–H and O–H groups in total. The number of halogens is 4. The van der Waals surface area contributed by atoms with Crippen LogP contribution in [0, 0.1) is 0 Å². The average molecular weight is 255 g/mol. The fourth-order valence-electron chi connectivity index (χ4n) is 0.945. The Morgan fingerprint density at radius 1 is 1.40 bits per heavy atom. The zero-order chi connectivity index (χ0) is 11.5. The van der Waals surface area contributed by atoms with Crippen LogP contribution >= 0.6 is 23.4 Å². The highest BCUT2D eigenvalue weighted by Gasteiger charge is 2.33. The number of carbonyl (C=O) groups excluding carboxylic acids is 1. The Balaban J connectivity index is 2.82. The quantitative estimate of drug-likeness (QED) is 0.747. The van der Waals surface area contributed by atoms with Crippen molar-refractivity contribution in [3.8, 4) is 0 Å². The van der Waals surface area contributed by atoms with Gasteiger partial charge in [-0.05, 0) is 11.6 Å². The summed E-state index contributed by atoms with van der Waals surface area (Å²) in [5, 5.41) is -1.02. The van der Waals surface area contributed by atoms with Crippen LogP contribution in [0.1, 0.15) is 15.9 Å². The molecule has 0 amide bonds. The first kappa shape index (κ1) is 12.4. The third-order valence-electron chi connectivity index (χ3n) is 1.53. The Hall–Kier alpha value is -0.680. The van der Waals surface area contributed by atoms with E-state index in [1.165, 1.54) is 18.2 Å². The number of carbonyl (C=O) groups is 1. The molecular formula is C9H6ClF3OS. The van der Waals surface area contributed by atoms with Gasteiger partial charge in [0.05, 0.1) is 0 Å². The van der Waals surface area contributed by atoms with Crippen LogP contribution < -0.4 is 0 Å². The van der Waals surface area contributed by atoms with Gasteiger partial charge in [-0.3, -0.25) is 4.79 Å². The SMILES string of the molecule is O=C(SC(F)(F)F)c1cccc(CCl)c1. The maximum atomic E-state index is 11.9.